The summed E-state index contributed by atoms with van der Waals surface area (Å²) >= 11 is 0. The summed E-state index contributed by atoms with van der Waals surface area (Å²) in [5.74, 6) is -1.56. The van der Waals surface area contributed by atoms with Crippen LogP contribution < -0.4 is 5.32 Å². The Morgan fingerprint density at radius 3 is 2.26 bits per heavy atom. The average Bonchev–Trinajstić information content (AvgIpc) is 3.44. The molecule has 1 heterocycles. The van der Waals surface area contributed by atoms with Gasteiger partial charge in [0.1, 0.15) is 6.61 Å². The molecule has 1 saturated carbocycles. The van der Waals surface area contributed by atoms with Crippen LogP contribution in [0, 0.1) is 17.8 Å². The Hall–Kier alpha value is -3.35. The van der Waals surface area contributed by atoms with Crippen molar-refractivity contribution >= 4 is 18.0 Å². The van der Waals surface area contributed by atoms with Crippen LogP contribution in [0.15, 0.2) is 48.5 Å². The molecule has 2 amide bonds. The van der Waals surface area contributed by atoms with Gasteiger partial charge in [0.15, 0.2) is 0 Å². The van der Waals surface area contributed by atoms with E-state index in [1.54, 1.807) is 4.90 Å². The molecular formula is C28H32N2O5. The zero-order chi connectivity index (χ0) is 24.5. The number of ether oxygens (including phenoxy) is 1. The van der Waals surface area contributed by atoms with Crippen LogP contribution >= 0.6 is 0 Å². The lowest BCUT2D eigenvalue weighted by Gasteiger charge is -2.37. The molecule has 184 valence electrons. The molecule has 1 saturated heterocycles. The number of likely N-dealkylation sites (tertiary alicyclic amines) is 1. The number of carboxylic acids is 1. The normalized spacial score (nSPS) is 25.6. The van der Waals surface area contributed by atoms with E-state index in [1.807, 2.05) is 31.2 Å². The first-order chi connectivity index (χ1) is 16.9. The highest BCUT2D eigenvalue weighted by Crippen LogP contribution is 2.44. The molecule has 3 aliphatic rings. The number of aliphatic carboxylic acids is 1. The fourth-order valence-corrected chi connectivity index (χ4v) is 6.17. The van der Waals surface area contributed by atoms with Crippen molar-refractivity contribution in [1.29, 1.82) is 0 Å². The van der Waals surface area contributed by atoms with Crippen molar-refractivity contribution in [3.05, 3.63) is 59.7 Å². The van der Waals surface area contributed by atoms with Gasteiger partial charge in [0.25, 0.3) is 0 Å². The molecule has 0 aromatic heterocycles. The quantitative estimate of drug-likeness (QED) is 0.672. The molecule has 2 aromatic rings. The first-order valence-corrected chi connectivity index (χ1v) is 12.6. The summed E-state index contributed by atoms with van der Waals surface area (Å²) in [5, 5.41) is 12.3. The fourth-order valence-electron chi connectivity index (χ4n) is 6.17. The molecule has 7 heteroatoms. The first-order valence-electron chi connectivity index (χ1n) is 12.6. The maximum absolute atomic E-state index is 13.2. The van der Waals surface area contributed by atoms with E-state index in [1.165, 1.54) is 11.1 Å². The number of amides is 2. The first kappa shape index (κ1) is 23.4. The van der Waals surface area contributed by atoms with Gasteiger partial charge >= 0.3 is 12.1 Å². The third-order valence-electron chi connectivity index (χ3n) is 8.01. The smallest absolute Gasteiger partial charge is 0.407 e. The Kier molecular flexibility index (Phi) is 6.50. The Labute approximate surface area is 205 Å². The van der Waals surface area contributed by atoms with Crippen LogP contribution in [0.2, 0.25) is 0 Å². The lowest BCUT2D eigenvalue weighted by atomic mass is 9.86. The van der Waals surface area contributed by atoms with Gasteiger partial charge in [0.05, 0.1) is 11.8 Å². The Bertz CT molecular complexity index is 1090. The zero-order valence-corrected chi connectivity index (χ0v) is 20.0. The number of alkyl carbamates (subject to hydrolysis) is 1. The Morgan fingerprint density at radius 2 is 1.63 bits per heavy atom. The molecule has 5 rings (SSSR count). The van der Waals surface area contributed by atoms with Crippen LogP contribution in [0.1, 0.15) is 49.7 Å². The van der Waals surface area contributed by atoms with Gasteiger partial charge in [0, 0.05) is 25.0 Å². The molecule has 2 N–H and O–H groups in total. The van der Waals surface area contributed by atoms with E-state index in [0.29, 0.717) is 19.5 Å². The van der Waals surface area contributed by atoms with Crippen molar-refractivity contribution in [2.75, 3.05) is 19.7 Å². The SMILES string of the molecule is CC1CN(C(=O)[C@H]2CCC[C@H]2NC(=O)OCC2c3ccccc3-c3ccccc32)CCC1C(=O)O. The van der Waals surface area contributed by atoms with Crippen molar-refractivity contribution in [2.24, 2.45) is 17.8 Å². The number of fused-ring (bicyclic) bond motifs is 3. The van der Waals surface area contributed by atoms with E-state index in [2.05, 4.69) is 29.6 Å². The number of carboxylic acid groups (broad SMARTS) is 1. The van der Waals surface area contributed by atoms with Gasteiger partial charge in [0.2, 0.25) is 5.91 Å². The van der Waals surface area contributed by atoms with E-state index in [-0.39, 0.29) is 36.3 Å². The zero-order valence-electron chi connectivity index (χ0n) is 20.0. The molecule has 35 heavy (non-hydrogen) atoms. The number of nitrogens with zero attached hydrogens (tertiary/aromatic N) is 1. The highest BCUT2D eigenvalue weighted by atomic mass is 16.5. The molecule has 4 atom stereocenters. The Morgan fingerprint density at radius 1 is 0.971 bits per heavy atom. The lowest BCUT2D eigenvalue weighted by Crippen LogP contribution is -2.50. The van der Waals surface area contributed by atoms with Gasteiger partial charge in [-0.3, -0.25) is 9.59 Å². The molecule has 2 aromatic carbocycles. The number of hydrogen-bond donors (Lipinski definition) is 2. The summed E-state index contributed by atoms with van der Waals surface area (Å²) in [6.07, 6.45) is 2.31. The van der Waals surface area contributed by atoms with Gasteiger partial charge in [-0.1, -0.05) is 61.9 Å². The minimum absolute atomic E-state index is 0.00817. The summed E-state index contributed by atoms with van der Waals surface area (Å²) < 4.78 is 5.69. The molecular weight excluding hydrogens is 444 g/mol. The van der Waals surface area contributed by atoms with Crippen LogP contribution in [-0.4, -0.2) is 53.7 Å². The number of benzene rings is 2. The number of rotatable bonds is 5. The van der Waals surface area contributed by atoms with Crippen LogP contribution in [-0.2, 0) is 14.3 Å². The van der Waals surface area contributed by atoms with Gasteiger partial charge in [-0.2, -0.15) is 0 Å². The minimum Gasteiger partial charge on any atom is -0.481 e. The topological polar surface area (TPSA) is 95.9 Å². The minimum atomic E-state index is -0.791. The van der Waals surface area contributed by atoms with Gasteiger partial charge in [-0.25, -0.2) is 4.79 Å². The maximum atomic E-state index is 13.2. The van der Waals surface area contributed by atoms with Crippen LogP contribution in [0.3, 0.4) is 0 Å². The third kappa shape index (κ3) is 4.51. The molecule has 7 nitrogen and oxygen atoms in total. The second-order valence-corrected chi connectivity index (χ2v) is 10.1. The van der Waals surface area contributed by atoms with Crippen LogP contribution in [0.25, 0.3) is 11.1 Å². The number of piperidine rings is 1. The molecule has 2 aliphatic carbocycles. The summed E-state index contributed by atoms with van der Waals surface area (Å²) in [6.45, 7) is 3.03. The predicted molar refractivity (Wildman–Crippen MR) is 131 cm³/mol. The highest BCUT2D eigenvalue weighted by Gasteiger charge is 2.40. The van der Waals surface area contributed by atoms with E-state index >= 15 is 0 Å². The standard InChI is InChI=1S/C28H32N2O5/c1-17-15-30(14-13-18(17)27(32)33)26(31)23-11-6-12-25(23)29-28(34)35-16-24-21-9-4-2-7-19(21)20-8-3-5-10-22(20)24/h2-5,7-10,17-18,23-25H,6,11-16H2,1H3,(H,29,34)(H,32,33)/t17?,18?,23-,25+/m0/s1. The molecule has 0 radical (unpaired) electrons. The average molecular weight is 477 g/mol. The Balaban J connectivity index is 1.19. The van der Waals surface area contributed by atoms with Gasteiger partial charge < -0.3 is 20.1 Å². The van der Waals surface area contributed by atoms with E-state index in [4.69, 9.17) is 4.74 Å². The van der Waals surface area contributed by atoms with Crippen molar-refractivity contribution < 1.29 is 24.2 Å². The van der Waals surface area contributed by atoms with Crippen molar-refractivity contribution in [2.45, 2.75) is 44.6 Å². The second kappa shape index (κ2) is 9.72. The van der Waals surface area contributed by atoms with E-state index < -0.39 is 18.0 Å². The van der Waals surface area contributed by atoms with Crippen LogP contribution in [0.4, 0.5) is 4.79 Å². The number of carbonyl (C=O) groups excluding carboxylic acids is 2. The fraction of sp³-hybridized carbons (Fsp3) is 0.464. The number of carbonyl (C=O) groups is 3. The molecule has 2 fully saturated rings. The number of nitrogens with one attached hydrogen (secondary N) is 1. The van der Waals surface area contributed by atoms with Crippen molar-refractivity contribution in [3.8, 4) is 11.1 Å². The van der Waals surface area contributed by atoms with Crippen LogP contribution in [0.5, 0.6) is 0 Å². The lowest BCUT2D eigenvalue weighted by molar-refractivity contribution is -0.149. The largest absolute Gasteiger partial charge is 0.481 e. The number of hydrogen-bond acceptors (Lipinski definition) is 4. The highest BCUT2D eigenvalue weighted by molar-refractivity contribution is 5.82. The summed E-state index contributed by atoms with van der Waals surface area (Å²) in [4.78, 5) is 39.2. The molecule has 0 bridgehead atoms. The summed E-state index contributed by atoms with van der Waals surface area (Å²) in [7, 11) is 0. The predicted octanol–water partition coefficient (Wildman–Crippen LogP) is 4.26. The van der Waals surface area contributed by atoms with Crippen molar-refractivity contribution in [3.63, 3.8) is 0 Å². The van der Waals surface area contributed by atoms with E-state index in [0.717, 1.165) is 30.4 Å². The monoisotopic (exact) mass is 476 g/mol. The van der Waals surface area contributed by atoms with Crippen molar-refractivity contribution in [1.82, 2.24) is 10.2 Å². The summed E-state index contributed by atoms with van der Waals surface area (Å²) in [6, 6.07) is 16.2. The van der Waals surface area contributed by atoms with E-state index in [9.17, 15) is 19.5 Å². The molecule has 0 spiro atoms. The summed E-state index contributed by atoms with van der Waals surface area (Å²) in [5.41, 5.74) is 4.68. The third-order valence-corrected chi connectivity index (χ3v) is 8.01. The molecule has 2 unspecified atom stereocenters. The maximum Gasteiger partial charge on any atom is 0.407 e. The van der Waals surface area contributed by atoms with Gasteiger partial charge in [-0.15, -0.1) is 0 Å². The second-order valence-electron chi connectivity index (χ2n) is 10.1. The molecule has 1 aliphatic heterocycles. The van der Waals surface area contributed by atoms with Gasteiger partial charge in [-0.05, 0) is 47.4 Å².